The molecule has 0 aliphatic carbocycles. The average Bonchev–Trinajstić information content (AvgIpc) is 3.55. The lowest BCUT2D eigenvalue weighted by Crippen LogP contribution is -2.45. The molecule has 0 bridgehead atoms. The second kappa shape index (κ2) is 10.6. The molecule has 0 unspecified atom stereocenters. The van der Waals surface area contributed by atoms with Crippen molar-refractivity contribution in [3.8, 4) is 0 Å². The largest absolute Gasteiger partial charge is 0.383 e. The molecule has 1 aliphatic rings. The molecule has 8 nitrogen and oxygen atoms in total. The number of urea groups is 1. The summed E-state index contributed by atoms with van der Waals surface area (Å²) in [5.74, 6) is -0.883. The van der Waals surface area contributed by atoms with Crippen molar-refractivity contribution in [2.45, 2.75) is 24.9 Å². The Bertz CT molecular complexity index is 1090. The van der Waals surface area contributed by atoms with E-state index >= 15 is 0 Å². The number of hydrogen-bond donors (Lipinski definition) is 2. The van der Waals surface area contributed by atoms with Crippen molar-refractivity contribution in [2.75, 3.05) is 32.1 Å². The van der Waals surface area contributed by atoms with Crippen molar-refractivity contribution in [1.29, 1.82) is 0 Å². The first-order valence-electron chi connectivity index (χ1n) is 10.7. The number of likely N-dealkylation sites (tertiary alicyclic amines) is 1. The number of halogens is 1. The first kappa shape index (κ1) is 22.9. The Balaban J connectivity index is 1.36. The van der Waals surface area contributed by atoms with E-state index in [0.29, 0.717) is 31.8 Å². The van der Waals surface area contributed by atoms with Gasteiger partial charge in [0.15, 0.2) is 0 Å². The number of thiophene rings is 1. The van der Waals surface area contributed by atoms with Gasteiger partial charge in [-0.25, -0.2) is 9.18 Å². The Morgan fingerprint density at radius 2 is 2.18 bits per heavy atom. The highest BCUT2D eigenvalue weighted by Gasteiger charge is 2.36. The maximum atomic E-state index is 13.4. The molecule has 3 aromatic rings. The Hall–Kier alpha value is -3.24. The van der Waals surface area contributed by atoms with Gasteiger partial charge < -0.3 is 20.3 Å². The monoisotopic (exact) mass is 471 g/mol. The number of methoxy groups -OCH3 is 1. The van der Waals surface area contributed by atoms with Crippen molar-refractivity contribution < 1.29 is 18.7 Å². The lowest BCUT2D eigenvalue weighted by atomic mass is 10.2. The van der Waals surface area contributed by atoms with Crippen LogP contribution in [0.2, 0.25) is 0 Å². The Kier molecular flexibility index (Phi) is 7.36. The quantitative estimate of drug-likeness (QED) is 0.526. The molecule has 0 spiro atoms. The summed E-state index contributed by atoms with van der Waals surface area (Å²) in [6, 6.07) is 9.31. The van der Waals surface area contributed by atoms with E-state index in [1.165, 1.54) is 23.1 Å². The standard InChI is InChI=1S/C23H26FN5O3S/c1-32-15-20-11-19(14-28(20)23(31)25-8-7-21-6-3-9-33-21)29-13-18(12-26-29)27-22(30)16-4-2-5-17(24)10-16/h2-6,9-10,12-13,19-20H,7-8,11,14-15H2,1H3,(H,25,31)(H,27,30)/t19-,20-/m0/s1. The van der Waals surface area contributed by atoms with Crippen molar-refractivity contribution in [3.05, 3.63) is 70.4 Å². The minimum Gasteiger partial charge on any atom is -0.383 e. The van der Waals surface area contributed by atoms with Gasteiger partial charge in [0.1, 0.15) is 5.82 Å². The summed E-state index contributed by atoms with van der Waals surface area (Å²) in [4.78, 5) is 28.2. The number of aromatic nitrogens is 2. The highest BCUT2D eigenvalue weighted by molar-refractivity contribution is 7.09. The third kappa shape index (κ3) is 5.77. The van der Waals surface area contributed by atoms with Crippen LogP contribution in [0.15, 0.2) is 54.2 Å². The molecule has 2 aromatic heterocycles. The molecule has 4 rings (SSSR count). The summed E-state index contributed by atoms with van der Waals surface area (Å²) < 4.78 is 20.5. The smallest absolute Gasteiger partial charge is 0.317 e. The zero-order valence-electron chi connectivity index (χ0n) is 18.2. The van der Waals surface area contributed by atoms with Gasteiger partial charge in [-0.1, -0.05) is 12.1 Å². The van der Waals surface area contributed by atoms with E-state index in [4.69, 9.17) is 4.74 Å². The summed E-state index contributed by atoms with van der Waals surface area (Å²) in [6.45, 7) is 1.48. The van der Waals surface area contributed by atoms with E-state index in [1.807, 2.05) is 11.4 Å². The SMILES string of the molecule is COC[C@@H]1C[C@H](n2cc(NC(=O)c3cccc(F)c3)cn2)CN1C(=O)NCCc1cccs1. The van der Waals surface area contributed by atoms with Gasteiger partial charge in [0, 0.05) is 36.8 Å². The first-order chi connectivity index (χ1) is 16.0. The average molecular weight is 472 g/mol. The molecule has 174 valence electrons. The molecule has 0 radical (unpaired) electrons. The normalized spacial score (nSPS) is 17.8. The molecular formula is C23H26FN5O3S. The molecule has 1 aromatic carbocycles. The third-order valence-electron chi connectivity index (χ3n) is 5.56. The number of carbonyl (C=O) groups is 2. The number of hydrogen-bond acceptors (Lipinski definition) is 5. The minimum atomic E-state index is -0.470. The fourth-order valence-electron chi connectivity index (χ4n) is 3.97. The fourth-order valence-corrected chi connectivity index (χ4v) is 4.68. The maximum absolute atomic E-state index is 13.4. The van der Waals surface area contributed by atoms with E-state index < -0.39 is 11.7 Å². The molecule has 3 amide bonds. The number of ether oxygens (including phenoxy) is 1. The zero-order valence-corrected chi connectivity index (χ0v) is 19.1. The lowest BCUT2D eigenvalue weighted by molar-refractivity contribution is 0.102. The number of nitrogens with one attached hydrogen (secondary N) is 2. The van der Waals surface area contributed by atoms with Crippen LogP contribution in [0, 0.1) is 5.82 Å². The highest BCUT2D eigenvalue weighted by atomic mass is 32.1. The van der Waals surface area contributed by atoms with Crippen LogP contribution < -0.4 is 10.6 Å². The Morgan fingerprint density at radius 1 is 1.30 bits per heavy atom. The maximum Gasteiger partial charge on any atom is 0.317 e. The lowest BCUT2D eigenvalue weighted by Gasteiger charge is -2.24. The predicted molar refractivity (Wildman–Crippen MR) is 124 cm³/mol. The molecule has 33 heavy (non-hydrogen) atoms. The fraction of sp³-hybridized carbons (Fsp3) is 0.348. The number of rotatable bonds is 8. The number of amides is 3. The zero-order chi connectivity index (χ0) is 23.2. The van der Waals surface area contributed by atoms with Crippen LogP contribution in [-0.2, 0) is 11.2 Å². The Labute approximate surface area is 195 Å². The predicted octanol–water partition coefficient (Wildman–Crippen LogP) is 3.55. The van der Waals surface area contributed by atoms with Crippen molar-refractivity contribution >= 4 is 29.0 Å². The van der Waals surface area contributed by atoms with E-state index in [0.717, 1.165) is 6.42 Å². The number of carbonyl (C=O) groups excluding carboxylic acids is 2. The molecule has 0 saturated carbocycles. The summed E-state index contributed by atoms with van der Waals surface area (Å²) in [5, 5.41) is 12.1. The highest BCUT2D eigenvalue weighted by Crippen LogP contribution is 2.28. The molecule has 3 heterocycles. The van der Waals surface area contributed by atoms with Crippen LogP contribution in [-0.4, -0.2) is 59.5 Å². The van der Waals surface area contributed by atoms with E-state index in [1.54, 1.807) is 46.5 Å². The molecule has 2 N–H and O–H groups in total. The molecule has 10 heteroatoms. The van der Waals surface area contributed by atoms with Gasteiger partial charge in [-0.2, -0.15) is 5.10 Å². The van der Waals surface area contributed by atoms with Crippen LogP contribution in [0.1, 0.15) is 27.7 Å². The number of anilines is 1. The van der Waals surface area contributed by atoms with Gasteiger partial charge >= 0.3 is 6.03 Å². The second-order valence-electron chi connectivity index (χ2n) is 7.89. The summed E-state index contributed by atoms with van der Waals surface area (Å²) in [5.41, 5.74) is 0.737. The third-order valence-corrected chi connectivity index (χ3v) is 6.50. The van der Waals surface area contributed by atoms with Crippen molar-refractivity contribution in [1.82, 2.24) is 20.0 Å². The van der Waals surface area contributed by atoms with Gasteiger partial charge in [0.25, 0.3) is 5.91 Å². The van der Waals surface area contributed by atoms with Gasteiger partial charge in [-0.05, 0) is 42.5 Å². The molecule has 2 atom stereocenters. The number of nitrogens with zero attached hydrogens (tertiary/aromatic N) is 3. The molecule has 1 fully saturated rings. The van der Waals surface area contributed by atoms with E-state index in [2.05, 4.69) is 21.8 Å². The summed E-state index contributed by atoms with van der Waals surface area (Å²) in [7, 11) is 1.62. The van der Waals surface area contributed by atoms with Gasteiger partial charge in [0.05, 0.1) is 30.6 Å². The molecular weight excluding hydrogens is 445 g/mol. The van der Waals surface area contributed by atoms with Gasteiger partial charge in [0.2, 0.25) is 0 Å². The van der Waals surface area contributed by atoms with Crippen LogP contribution in [0.3, 0.4) is 0 Å². The van der Waals surface area contributed by atoms with Crippen molar-refractivity contribution in [3.63, 3.8) is 0 Å². The first-order valence-corrected chi connectivity index (χ1v) is 11.6. The van der Waals surface area contributed by atoms with Crippen LogP contribution in [0.25, 0.3) is 0 Å². The van der Waals surface area contributed by atoms with E-state index in [-0.39, 0.29) is 23.7 Å². The summed E-state index contributed by atoms with van der Waals surface area (Å²) in [6.07, 6.45) is 4.75. The van der Waals surface area contributed by atoms with Crippen LogP contribution in [0.5, 0.6) is 0 Å². The number of benzene rings is 1. The minimum absolute atomic E-state index is 0.0481. The topological polar surface area (TPSA) is 88.5 Å². The van der Waals surface area contributed by atoms with Crippen LogP contribution >= 0.6 is 11.3 Å². The van der Waals surface area contributed by atoms with Crippen molar-refractivity contribution in [2.24, 2.45) is 0 Å². The van der Waals surface area contributed by atoms with Crippen LogP contribution in [0.4, 0.5) is 14.9 Å². The molecule has 1 aliphatic heterocycles. The van der Waals surface area contributed by atoms with Gasteiger partial charge in [-0.3, -0.25) is 9.48 Å². The second-order valence-corrected chi connectivity index (χ2v) is 8.92. The Morgan fingerprint density at radius 3 is 2.94 bits per heavy atom. The van der Waals surface area contributed by atoms with E-state index in [9.17, 15) is 14.0 Å². The summed E-state index contributed by atoms with van der Waals surface area (Å²) >= 11 is 1.67. The molecule has 1 saturated heterocycles. The van der Waals surface area contributed by atoms with Gasteiger partial charge in [-0.15, -0.1) is 11.3 Å².